The molecule has 0 spiro atoms. The van der Waals surface area contributed by atoms with Crippen LogP contribution in [0.5, 0.6) is 0 Å². The molecule has 0 unspecified atom stereocenters. The largest absolute Gasteiger partial charge is 0.349 e. The molecule has 16 heavy (non-hydrogen) atoms. The average Bonchev–Trinajstić information content (AvgIpc) is 2.63. The number of fused-ring (bicyclic) bond motifs is 3. The second-order valence-electron chi connectivity index (χ2n) is 4.16. The lowest BCUT2D eigenvalue weighted by molar-refractivity contribution is 0.0919. The summed E-state index contributed by atoms with van der Waals surface area (Å²) in [6.07, 6.45) is 0. The molecule has 0 bridgehead atoms. The third-order valence-electron chi connectivity index (χ3n) is 3.03. The Labute approximate surface area is 91.9 Å². The number of hydrogen-bond donors (Lipinski definition) is 1. The van der Waals surface area contributed by atoms with Gasteiger partial charge in [0, 0.05) is 23.5 Å². The van der Waals surface area contributed by atoms with Gasteiger partial charge in [-0.2, -0.15) is 0 Å². The van der Waals surface area contributed by atoms with Gasteiger partial charge in [-0.1, -0.05) is 0 Å². The highest BCUT2D eigenvalue weighted by Crippen LogP contribution is 2.26. The number of carbonyl (C=O) groups excluding carboxylic acids is 1. The van der Waals surface area contributed by atoms with Crippen LogP contribution in [0.15, 0.2) is 24.3 Å². The van der Waals surface area contributed by atoms with Crippen LogP contribution in [0.2, 0.25) is 0 Å². The maximum atomic E-state index is 13.1. The van der Waals surface area contributed by atoms with Crippen molar-refractivity contribution in [1.82, 2.24) is 9.88 Å². The standard InChI is InChI=1S/C12H11FN2O/c1-7-6-14-12(16)11-5-8-4-9(13)2-3-10(8)15(7)11/h2-5,7H,6H2,1H3,(H,14,16)/t7-/m1/s1. The minimum Gasteiger partial charge on any atom is -0.349 e. The number of amides is 1. The fourth-order valence-electron chi connectivity index (χ4n) is 2.28. The van der Waals surface area contributed by atoms with Gasteiger partial charge < -0.3 is 9.88 Å². The minimum atomic E-state index is -0.275. The second-order valence-corrected chi connectivity index (χ2v) is 4.16. The van der Waals surface area contributed by atoms with E-state index in [0.29, 0.717) is 12.2 Å². The molecule has 0 fully saturated rings. The summed E-state index contributed by atoms with van der Waals surface area (Å²) in [5.41, 5.74) is 1.53. The van der Waals surface area contributed by atoms with E-state index in [1.54, 1.807) is 12.1 Å². The molecule has 2 heterocycles. The van der Waals surface area contributed by atoms with Gasteiger partial charge in [0.05, 0.1) is 0 Å². The van der Waals surface area contributed by atoms with Gasteiger partial charge in [0.2, 0.25) is 0 Å². The molecule has 1 aliphatic rings. The van der Waals surface area contributed by atoms with Crippen molar-refractivity contribution in [3.8, 4) is 0 Å². The first-order chi connectivity index (χ1) is 7.66. The van der Waals surface area contributed by atoms with E-state index in [1.807, 2.05) is 11.5 Å². The first-order valence-electron chi connectivity index (χ1n) is 5.25. The van der Waals surface area contributed by atoms with Crippen molar-refractivity contribution in [1.29, 1.82) is 0 Å². The Morgan fingerprint density at radius 1 is 1.44 bits per heavy atom. The topological polar surface area (TPSA) is 34.0 Å². The SMILES string of the molecule is C[C@@H]1CNC(=O)c2cc3cc(F)ccc3n21. The van der Waals surface area contributed by atoms with Gasteiger partial charge in [-0.25, -0.2) is 4.39 Å². The Morgan fingerprint density at radius 3 is 3.06 bits per heavy atom. The lowest BCUT2D eigenvalue weighted by atomic mass is 10.2. The molecule has 2 aromatic rings. The Hall–Kier alpha value is -1.84. The summed E-state index contributed by atoms with van der Waals surface area (Å²) in [5.74, 6) is -0.363. The Kier molecular flexibility index (Phi) is 1.80. The summed E-state index contributed by atoms with van der Waals surface area (Å²) in [7, 11) is 0. The van der Waals surface area contributed by atoms with Crippen molar-refractivity contribution in [3.05, 3.63) is 35.8 Å². The average molecular weight is 218 g/mol. The molecule has 0 saturated heterocycles. The molecule has 0 aliphatic carbocycles. The smallest absolute Gasteiger partial charge is 0.268 e. The van der Waals surface area contributed by atoms with Crippen LogP contribution in [0, 0.1) is 5.82 Å². The van der Waals surface area contributed by atoms with E-state index in [9.17, 15) is 9.18 Å². The predicted molar refractivity (Wildman–Crippen MR) is 58.9 cm³/mol. The Bertz CT molecular complexity index is 588. The zero-order valence-electron chi connectivity index (χ0n) is 8.83. The van der Waals surface area contributed by atoms with E-state index in [1.165, 1.54) is 12.1 Å². The summed E-state index contributed by atoms with van der Waals surface area (Å²) in [6.45, 7) is 2.65. The third-order valence-corrected chi connectivity index (χ3v) is 3.03. The fourth-order valence-corrected chi connectivity index (χ4v) is 2.28. The molecule has 3 rings (SSSR count). The molecule has 82 valence electrons. The highest BCUT2D eigenvalue weighted by Gasteiger charge is 2.24. The summed E-state index contributed by atoms with van der Waals surface area (Å²) in [6, 6.07) is 6.55. The first-order valence-corrected chi connectivity index (χ1v) is 5.25. The number of halogens is 1. The zero-order chi connectivity index (χ0) is 11.3. The number of benzene rings is 1. The zero-order valence-corrected chi connectivity index (χ0v) is 8.83. The number of hydrogen-bond acceptors (Lipinski definition) is 1. The number of nitrogens with zero attached hydrogens (tertiary/aromatic N) is 1. The van der Waals surface area contributed by atoms with Gasteiger partial charge in [0.1, 0.15) is 11.5 Å². The number of aromatic nitrogens is 1. The molecule has 3 nitrogen and oxygen atoms in total. The predicted octanol–water partition coefficient (Wildman–Crippen LogP) is 2.08. The summed E-state index contributed by atoms with van der Waals surface area (Å²) in [4.78, 5) is 11.7. The van der Waals surface area contributed by atoms with Crippen molar-refractivity contribution in [2.75, 3.05) is 6.54 Å². The van der Waals surface area contributed by atoms with Crippen LogP contribution in [0.1, 0.15) is 23.5 Å². The summed E-state index contributed by atoms with van der Waals surface area (Å²) in [5, 5.41) is 3.59. The second kappa shape index (κ2) is 3.07. The number of rotatable bonds is 0. The highest BCUT2D eigenvalue weighted by molar-refractivity contribution is 5.99. The molecule has 1 aliphatic heterocycles. The van der Waals surface area contributed by atoms with Gasteiger partial charge >= 0.3 is 0 Å². The van der Waals surface area contributed by atoms with Crippen molar-refractivity contribution in [2.24, 2.45) is 0 Å². The quantitative estimate of drug-likeness (QED) is 0.721. The maximum absolute atomic E-state index is 13.1. The van der Waals surface area contributed by atoms with Crippen LogP contribution < -0.4 is 5.32 Å². The minimum absolute atomic E-state index is 0.0882. The fraction of sp³-hybridized carbons (Fsp3) is 0.250. The van der Waals surface area contributed by atoms with Crippen molar-refractivity contribution in [3.63, 3.8) is 0 Å². The van der Waals surface area contributed by atoms with E-state index in [0.717, 1.165) is 10.9 Å². The molecule has 1 aromatic heterocycles. The van der Waals surface area contributed by atoms with Gasteiger partial charge in [0.25, 0.3) is 5.91 Å². The van der Waals surface area contributed by atoms with Crippen LogP contribution in [-0.4, -0.2) is 17.0 Å². The lowest BCUT2D eigenvalue weighted by Crippen LogP contribution is -2.37. The van der Waals surface area contributed by atoms with Gasteiger partial charge in [-0.3, -0.25) is 4.79 Å². The molecule has 0 radical (unpaired) electrons. The van der Waals surface area contributed by atoms with Crippen LogP contribution in [0.25, 0.3) is 10.9 Å². The monoisotopic (exact) mass is 218 g/mol. The van der Waals surface area contributed by atoms with Crippen LogP contribution >= 0.6 is 0 Å². The Morgan fingerprint density at radius 2 is 2.25 bits per heavy atom. The Balaban J connectivity index is 2.36. The lowest BCUT2D eigenvalue weighted by Gasteiger charge is -2.23. The van der Waals surface area contributed by atoms with Gasteiger partial charge in [-0.05, 0) is 31.2 Å². The molecule has 0 saturated carbocycles. The van der Waals surface area contributed by atoms with E-state index < -0.39 is 0 Å². The number of nitrogens with one attached hydrogen (secondary N) is 1. The van der Waals surface area contributed by atoms with Gasteiger partial charge in [-0.15, -0.1) is 0 Å². The molecule has 1 amide bonds. The highest BCUT2D eigenvalue weighted by atomic mass is 19.1. The molecule has 4 heteroatoms. The molecule has 1 N–H and O–H groups in total. The van der Waals surface area contributed by atoms with Crippen LogP contribution in [0.3, 0.4) is 0 Å². The molecular weight excluding hydrogens is 207 g/mol. The van der Waals surface area contributed by atoms with Crippen molar-refractivity contribution < 1.29 is 9.18 Å². The summed E-state index contributed by atoms with van der Waals surface area (Å²) >= 11 is 0. The van der Waals surface area contributed by atoms with Crippen LogP contribution in [0.4, 0.5) is 4.39 Å². The maximum Gasteiger partial charge on any atom is 0.268 e. The van der Waals surface area contributed by atoms with Crippen molar-refractivity contribution >= 4 is 16.8 Å². The van der Waals surface area contributed by atoms with E-state index in [2.05, 4.69) is 5.32 Å². The molecular formula is C12H11FN2O. The van der Waals surface area contributed by atoms with E-state index in [4.69, 9.17) is 0 Å². The normalized spacial score (nSPS) is 19.6. The third kappa shape index (κ3) is 1.16. The van der Waals surface area contributed by atoms with Gasteiger partial charge in [0.15, 0.2) is 0 Å². The molecule has 1 atom stereocenters. The van der Waals surface area contributed by atoms with Crippen molar-refractivity contribution in [2.45, 2.75) is 13.0 Å². The summed E-state index contributed by atoms with van der Waals surface area (Å²) < 4.78 is 15.1. The molecule has 1 aromatic carbocycles. The van der Waals surface area contributed by atoms with Crippen LogP contribution in [-0.2, 0) is 0 Å². The number of carbonyl (C=O) groups is 1. The van der Waals surface area contributed by atoms with E-state index in [-0.39, 0.29) is 17.8 Å². The first kappa shape index (κ1) is 9.39. The van der Waals surface area contributed by atoms with E-state index >= 15 is 0 Å².